The van der Waals surface area contributed by atoms with Gasteiger partial charge in [0.05, 0.1) is 17.3 Å². The zero-order chi connectivity index (χ0) is 13.1. The van der Waals surface area contributed by atoms with Crippen LogP contribution in [0.4, 0.5) is 10.1 Å². The van der Waals surface area contributed by atoms with E-state index in [4.69, 9.17) is 5.73 Å². The highest BCUT2D eigenvalue weighted by molar-refractivity contribution is 5.98. The zero-order valence-electron chi connectivity index (χ0n) is 10.4. The molecule has 1 aliphatic heterocycles. The van der Waals surface area contributed by atoms with E-state index in [2.05, 4.69) is 17.1 Å². The molecule has 0 aromatic heterocycles. The van der Waals surface area contributed by atoms with Crippen molar-refractivity contribution in [2.75, 3.05) is 24.5 Å². The molecule has 1 saturated heterocycles. The first kappa shape index (κ1) is 12.8. The molecule has 1 amide bonds. The topological polar surface area (TPSA) is 58.4 Å². The standard InChI is InChI=1S/C13H18FN3O/c1-2-5-17(10-7-16-8-10)12-4-3-9(14)6-11(12)13(15)18/h3-4,6,10,16H,2,5,7-8H2,1H3,(H2,15,18). The lowest BCUT2D eigenvalue weighted by atomic mass is 10.1. The van der Waals surface area contributed by atoms with E-state index >= 15 is 0 Å². The van der Waals surface area contributed by atoms with Gasteiger partial charge < -0.3 is 16.0 Å². The highest BCUT2D eigenvalue weighted by Crippen LogP contribution is 2.25. The third kappa shape index (κ3) is 2.46. The van der Waals surface area contributed by atoms with Crippen LogP contribution in [0.1, 0.15) is 23.7 Å². The summed E-state index contributed by atoms with van der Waals surface area (Å²) in [5, 5.41) is 3.20. The van der Waals surface area contributed by atoms with Gasteiger partial charge in [-0.2, -0.15) is 0 Å². The molecule has 0 bridgehead atoms. The first-order valence-electron chi connectivity index (χ1n) is 6.20. The maximum atomic E-state index is 13.2. The number of benzene rings is 1. The summed E-state index contributed by atoms with van der Waals surface area (Å²) in [5.74, 6) is -1.02. The number of rotatable bonds is 5. The molecule has 1 aliphatic rings. The normalized spacial score (nSPS) is 15.2. The van der Waals surface area contributed by atoms with E-state index in [1.54, 1.807) is 6.07 Å². The Bertz CT molecular complexity index is 446. The van der Waals surface area contributed by atoms with E-state index in [0.29, 0.717) is 6.04 Å². The summed E-state index contributed by atoms with van der Waals surface area (Å²) in [6.07, 6.45) is 0.964. The summed E-state index contributed by atoms with van der Waals surface area (Å²) >= 11 is 0. The van der Waals surface area contributed by atoms with E-state index in [1.807, 2.05) is 0 Å². The number of hydrogen-bond acceptors (Lipinski definition) is 3. The summed E-state index contributed by atoms with van der Waals surface area (Å²) in [6.45, 7) is 4.68. The van der Waals surface area contributed by atoms with Gasteiger partial charge in [-0.15, -0.1) is 0 Å². The molecule has 1 aromatic rings. The molecule has 98 valence electrons. The lowest BCUT2D eigenvalue weighted by Crippen LogP contribution is -2.58. The fourth-order valence-corrected chi connectivity index (χ4v) is 2.19. The average Bonchev–Trinajstić information content (AvgIpc) is 2.26. The van der Waals surface area contributed by atoms with E-state index < -0.39 is 11.7 Å². The Kier molecular flexibility index (Phi) is 3.81. The minimum atomic E-state index is -0.585. The van der Waals surface area contributed by atoms with Crippen LogP contribution in [0.2, 0.25) is 0 Å². The second kappa shape index (κ2) is 5.35. The van der Waals surface area contributed by atoms with Crippen molar-refractivity contribution in [3.8, 4) is 0 Å². The minimum absolute atomic E-state index is 0.260. The molecule has 0 unspecified atom stereocenters. The third-order valence-corrected chi connectivity index (χ3v) is 3.20. The number of halogens is 1. The van der Waals surface area contributed by atoms with E-state index in [0.717, 1.165) is 31.7 Å². The Morgan fingerprint density at radius 2 is 2.28 bits per heavy atom. The van der Waals surface area contributed by atoms with Gasteiger partial charge in [-0.25, -0.2) is 4.39 Å². The fraction of sp³-hybridized carbons (Fsp3) is 0.462. The minimum Gasteiger partial charge on any atom is -0.366 e. The monoisotopic (exact) mass is 251 g/mol. The van der Waals surface area contributed by atoms with Gasteiger partial charge in [0.1, 0.15) is 5.82 Å². The van der Waals surface area contributed by atoms with E-state index in [-0.39, 0.29) is 5.56 Å². The molecule has 3 N–H and O–H groups in total. The number of carbonyl (C=O) groups is 1. The molecule has 2 rings (SSSR count). The van der Waals surface area contributed by atoms with Crippen LogP contribution in [0.3, 0.4) is 0 Å². The summed E-state index contributed by atoms with van der Waals surface area (Å²) < 4.78 is 13.2. The lowest BCUT2D eigenvalue weighted by Gasteiger charge is -2.40. The number of nitrogens with one attached hydrogen (secondary N) is 1. The van der Waals surface area contributed by atoms with Gasteiger partial charge in [0.2, 0.25) is 0 Å². The Morgan fingerprint density at radius 1 is 1.56 bits per heavy atom. The predicted molar refractivity (Wildman–Crippen MR) is 69.2 cm³/mol. The first-order valence-corrected chi connectivity index (χ1v) is 6.20. The highest BCUT2D eigenvalue weighted by atomic mass is 19.1. The van der Waals surface area contributed by atoms with Crippen LogP contribution < -0.4 is 16.0 Å². The maximum absolute atomic E-state index is 13.2. The van der Waals surface area contributed by atoms with Crippen molar-refractivity contribution in [2.24, 2.45) is 5.73 Å². The number of primary amides is 1. The summed E-state index contributed by atoms with van der Waals surface area (Å²) in [5.41, 5.74) is 6.32. The van der Waals surface area contributed by atoms with Crippen LogP contribution in [0.5, 0.6) is 0 Å². The number of hydrogen-bond donors (Lipinski definition) is 2. The second-order valence-electron chi connectivity index (χ2n) is 4.53. The predicted octanol–water partition coefficient (Wildman–Crippen LogP) is 1.11. The molecule has 18 heavy (non-hydrogen) atoms. The Labute approximate surface area is 106 Å². The van der Waals surface area contributed by atoms with Crippen LogP contribution in [-0.4, -0.2) is 31.6 Å². The van der Waals surface area contributed by atoms with Crippen molar-refractivity contribution in [1.82, 2.24) is 5.32 Å². The van der Waals surface area contributed by atoms with Crippen LogP contribution >= 0.6 is 0 Å². The molecule has 0 atom stereocenters. The molecule has 0 spiro atoms. The van der Waals surface area contributed by atoms with Crippen molar-refractivity contribution < 1.29 is 9.18 Å². The molecule has 1 heterocycles. The molecule has 4 nitrogen and oxygen atoms in total. The number of nitrogens with two attached hydrogens (primary N) is 1. The van der Waals surface area contributed by atoms with E-state index in [1.165, 1.54) is 12.1 Å². The van der Waals surface area contributed by atoms with Gasteiger partial charge >= 0.3 is 0 Å². The quantitative estimate of drug-likeness (QED) is 0.824. The molecular weight excluding hydrogens is 233 g/mol. The lowest BCUT2D eigenvalue weighted by molar-refractivity contribution is 0.1000. The van der Waals surface area contributed by atoms with Gasteiger partial charge in [0, 0.05) is 19.6 Å². The zero-order valence-corrected chi connectivity index (χ0v) is 10.4. The van der Waals surface area contributed by atoms with Crippen molar-refractivity contribution >= 4 is 11.6 Å². The number of amides is 1. The van der Waals surface area contributed by atoms with Crippen molar-refractivity contribution in [3.63, 3.8) is 0 Å². The van der Waals surface area contributed by atoms with Crippen LogP contribution in [0.15, 0.2) is 18.2 Å². The maximum Gasteiger partial charge on any atom is 0.250 e. The molecular formula is C13H18FN3O. The number of carbonyl (C=O) groups excluding carboxylic acids is 1. The Balaban J connectivity index is 2.36. The fourth-order valence-electron chi connectivity index (χ4n) is 2.19. The molecule has 1 aromatic carbocycles. The van der Waals surface area contributed by atoms with Gasteiger partial charge in [-0.1, -0.05) is 6.92 Å². The van der Waals surface area contributed by atoms with Crippen molar-refractivity contribution in [1.29, 1.82) is 0 Å². The first-order chi connectivity index (χ1) is 8.63. The van der Waals surface area contributed by atoms with E-state index in [9.17, 15) is 9.18 Å². The summed E-state index contributed by atoms with van der Waals surface area (Å²) in [6, 6.07) is 4.58. The summed E-state index contributed by atoms with van der Waals surface area (Å²) in [4.78, 5) is 13.6. The van der Waals surface area contributed by atoms with Crippen molar-refractivity contribution in [2.45, 2.75) is 19.4 Å². The van der Waals surface area contributed by atoms with Crippen LogP contribution in [0, 0.1) is 5.82 Å². The number of nitrogens with zero attached hydrogens (tertiary/aromatic N) is 1. The molecule has 0 aliphatic carbocycles. The van der Waals surface area contributed by atoms with Crippen LogP contribution in [-0.2, 0) is 0 Å². The molecule has 0 radical (unpaired) electrons. The molecule has 0 saturated carbocycles. The number of anilines is 1. The van der Waals surface area contributed by atoms with Gasteiger partial charge in [0.25, 0.3) is 5.91 Å². The Morgan fingerprint density at radius 3 is 2.78 bits per heavy atom. The second-order valence-corrected chi connectivity index (χ2v) is 4.53. The molecule has 5 heteroatoms. The van der Waals surface area contributed by atoms with Gasteiger partial charge in [-0.05, 0) is 24.6 Å². The van der Waals surface area contributed by atoms with Gasteiger partial charge in [0.15, 0.2) is 0 Å². The van der Waals surface area contributed by atoms with Crippen molar-refractivity contribution in [3.05, 3.63) is 29.6 Å². The molecule has 1 fully saturated rings. The van der Waals surface area contributed by atoms with Gasteiger partial charge in [-0.3, -0.25) is 4.79 Å². The van der Waals surface area contributed by atoms with Crippen LogP contribution in [0.25, 0.3) is 0 Å². The average molecular weight is 251 g/mol. The largest absolute Gasteiger partial charge is 0.366 e. The third-order valence-electron chi connectivity index (χ3n) is 3.20. The highest BCUT2D eigenvalue weighted by Gasteiger charge is 2.26. The SMILES string of the molecule is CCCN(c1ccc(F)cc1C(N)=O)C1CNC1. The smallest absolute Gasteiger partial charge is 0.250 e. The summed E-state index contributed by atoms with van der Waals surface area (Å²) in [7, 11) is 0. The Hall–Kier alpha value is -1.62.